The molecule has 33 heavy (non-hydrogen) atoms. The van der Waals surface area contributed by atoms with Crippen LogP contribution in [0.5, 0.6) is 5.75 Å². The monoisotopic (exact) mass is 471 g/mol. The van der Waals surface area contributed by atoms with E-state index in [4.69, 9.17) is 4.74 Å². The molecule has 3 aromatic rings. The number of thioether (sulfide) groups is 1. The summed E-state index contributed by atoms with van der Waals surface area (Å²) in [5.41, 5.74) is -0.262. The zero-order valence-corrected chi connectivity index (χ0v) is 20.7. The van der Waals surface area contributed by atoms with Crippen LogP contribution >= 0.6 is 11.8 Å². The molecular weight excluding hydrogens is 442 g/mol. The maximum absolute atomic E-state index is 13.0. The molecule has 0 spiro atoms. The molecule has 0 aliphatic carbocycles. The van der Waals surface area contributed by atoms with Gasteiger partial charge in [0.25, 0.3) is 5.56 Å². The molecule has 1 atom stereocenters. The molecule has 0 radical (unpaired) electrons. The van der Waals surface area contributed by atoms with E-state index in [9.17, 15) is 14.4 Å². The third-order valence-corrected chi connectivity index (χ3v) is 6.33. The van der Waals surface area contributed by atoms with Crippen molar-refractivity contribution >= 4 is 28.7 Å². The first-order chi connectivity index (χ1) is 15.5. The number of para-hydroxylation sites is 1. The van der Waals surface area contributed by atoms with E-state index in [1.165, 1.54) is 23.4 Å². The molecule has 0 aliphatic heterocycles. The molecule has 2 aromatic heterocycles. The normalized spacial score (nSPS) is 12.6. The van der Waals surface area contributed by atoms with Crippen molar-refractivity contribution in [1.82, 2.24) is 24.4 Å². The van der Waals surface area contributed by atoms with Crippen molar-refractivity contribution in [2.45, 2.75) is 49.9 Å². The Morgan fingerprint density at radius 2 is 1.82 bits per heavy atom. The van der Waals surface area contributed by atoms with Gasteiger partial charge in [-0.1, -0.05) is 50.7 Å². The third kappa shape index (κ3) is 4.95. The van der Waals surface area contributed by atoms with Crippen molar-refractivity contribution in [2.24, 2.45) is 14.1 Å². The van der Waals surface area contributed by atoms with E-state index in [1.807, 2.05) is 45.0 Å². The van der Waals surface area contributed by atoms with E-state index >= 15 is 0 Å². The highest BCUT2D eigenvalue weighted by atomic mass is 32.2. The predicted molar refractivity (Wildman–Crippen MR) is 129 cm³/mol. The topological polar surface area (TPSA) is 108 Å². The van der Waals surface area contributed by atoms with Gasteiger partial charge in [-0.25, -0.2) is 14.8 Å². The number of rotatable bonds is 6. The molecule has 1 unspecified atom stereocenters. The van der Waals surface area contributed by atoms with Crippen LogP contribution in [0, 0.1) is 0 Å². The fraction of sp³-hybridized carbons (Fsp3) is 0.435. The number of aromatic nitrogens is 4. The summed E-state index contributed by atoms with van der Waals surface area (Å²) in [4.78, 5) is 47.4. The van der Waals surface area contributed by atoms with Crippen molar-refractivity contribution in [3.05, 3.63) is 56.5 Å². The summed E-state index contributed by atoms with van der Waals surface area (Å²) in [5.74, 6) is 0.970. The number of ether oxygens (including phenoxy) is 1. The van der Waals surface area contributed by atoms with Crippen molar-refractivity contribution < 1.29 is 9.53 Å². The number of benzene rings is 1. The molecule has 0 bridgehead atoms. The minimum Gasteiger partial charge on any atom is -0.496 e. The Morgan fingerprint density at radius 1 is 1.15 bits per heavy atom. The molecule has 0 saturated heterocycles. The van der Waals surface area contributed by atoms with Gasteiger partial charge in [-0.15, -0.1) is 0 Å². The van der Waals surface area contributed by atoms with Gasteiger partial charge < -0.3 is 10.1 Å². The average Bonchev–Trinajstić information content (AvgIpc) is 2.78. The first kappa shape index (κ1) is 24.5. The highest BCUT2D eigenvalue weighted by Gasteiger charge is 2.26. The van der Waals surface area contributed by atoms with Gasteiger partial charge in [0.1, 0.15) is 22.0 Å². The zero-order valence-electron chi connectivity index (χ0n) is 19.9. The highest BCUT2D eigenvalue weighted by Crippen LogP contribution is 2.29. The largest absolute Gasteiger partial charge is 0.496 e. The van der Waals surface area contributed by atoms with Crippen molar-refractivity contribution in [3.8, 4) is 5.75 Å². The lowest BCUT2D eigenvalue weighted by atomic mass is 9.96. The first-order valence-electron chi connectivity index (χ1n) is 10.5. The summed E-state index contributed by atoms with van der Waals surface area (Å²) < 4.78 is 7.70. The molecule has 1 amide bonds. The lowest BCUT2D eigenvalue weighted by molar-refractivity contribution is -0.120. The summed E-state index contributed by atoms with van der Waals surface area (Å²) in [6.45, 7) is 7.91. The third-order valence-electron chi connectivity index (χ3n) is 5.24. The number of methoxy groups -OCH3 is 1. The van der Waals surface area contributed by atoms with E-state index in [0.717, 1.165) is 10.1 Å². The molecule has 1 N–H and O–H groups in total. The Kier molecular flexibility index (Phi) is 6.97. The average molecular weight is 472 g/mol. The molecule has 10 heteroatoms. The molecule has 2 heterocycles. The Balaban J connectivity index is 1.98. The fourth-order valence-electron chi connectivity index (χ4n) is 3.25. The minimum absolute atomic E-state index is 0.211. The SMILES string of the molecule is COc1ccccc1CNC(=O)C(C)Sc1nc(C(C)(C)C)nc2c1c(=O)n(C)c(=O)n2C. The number of amides is 1. The zero-order chi connectivity index (χ0) is 24.5. The quantitative estimate of drug-likeness (QED) is 0.433. The number of carbonyl (C=O) groups is 1. The van der Waals surface area contributed by atoms with Gasteiger partial charge in [0.05, 0.1) is 12.4 Å². The van der Waals surface area contributed by atoms with Crippen molar-refractivity contribution in [3.63, 3.8) is 0 Å². The lowest BCUT2D eigenvalue weighted by Gasteiger charge is -2.20. The van der Waals surface area contributed by atoms with Crippen LogP contribution in [-0.4, -0.2) is 37.4 Å². The van der Waals surface area contributed by atoms with E-state index in [-0.39, 0.29) is 16.9 Å². The summed E-state index contributed by atoms with van der Waals surface area (Å²) in [7, 11) is 4.57. The van der Waals surface area contributed by atoms with Crippen molar-refractivity contribution in [1.29, 1.82) is 0 Å². The van der Waals surface area contributed by atoms with Crippen LogP contribution in [0.15, 0.2) is 38.9 Å². The molecule has 1 aromatic carbocycles. The second kappa shape index (κ2) is 9.38. The summed E-state index contributed by atoms with van der Waals surface area (Å²) in [6, 6.07) is 7.46. The Morgan fingerprint density at radius 3 is 2.45 bits per heavy atom. The maximum atomic E-state index is 13.0. The van der Waals surface area contributed by atoms with Gasteiger partial charge in [-0.3, -0.25) is 18.7 Å². The van der Waals surface area contributed by atoms with Gasteiger partial charge in [0.2, 0.25) is 5.91 Å². The number of nitrogens with one attached hydrogen (secondary N) is 1. The number of hydrogen-bond acceptors (Lipinski definition) is 7. The van der Waals surface area contributed by atoms with E-state index in [2.05, 4.69) is 15.3 Å². The predicted octanol–water partition coefficient (Wildman–Crippen LogP) is 2.13. The summed E-state index contributed by atoms with van der Waals surface area (Å²) in [6.07, 6.45) is 0. The summed E-state index contributed by atoms with van der Waals surface area (Å²) in [5, 5.41) is 2.96. The number of carbonyl (C=O) groups excluding carboxylic acids is 1. The molecule has 176 valence electrons. The van der Waals surface area contributed by atoms with Gasteiger partial charge in [-0.05, 0) is 13.0 Å². The van der Waals surface area contributed by atoms with Crippen LogP contribution in [-0.2, 0) is 30.8 Å². The van der Waals surface area contributed by atoms with Crippen molar-refractivity contribution in [2.75, 3.05) is 7.11 Å². The molecule has 0 fully saturated rings. The number of hydrogen-bond donors (Lipinski definition) is 1. The van der Waals surface area contributed by atoms with E-state index in [0.29, 0.717) is 23.1 Å². The lowest BCUT2D eigenvalue weighted by Crippen LogP contribution is -2.38. The van der Waals surface area contributed by atoms with Crippen LogP contribution in [0.4, 0.5) is 0 Å². The smallest absolute Gasteiger partial charge is 0.332 e. The van der Waals surface area contributed by atoms with Crippen LogP contribution in [0.25, 0.3) is 11.0 Å². The standard InChI is InChI=1S/C23H29N5O4S/c1-13(18(29)24-12-14-10-8-9-11-15(14)32-7)33-19-16-17(25-21(26-19)23(2,3)4)27(5)22(31)28(6)20(16)30/h8-11,13H,12H2,1-7H3,(H,24,29). The maximum Gasteiger partial charge on any atom is 0.332 e. The number of aryl methyl sites for hydroxylation is 1. The van der Waals surface area contributed by atoms with Gasteiger partial charge in [0.15, 0.2) is 5.65 Å². The number of nitrogens with zero attached hydrogens (tertiary/aromatic N) is 4. The molecule has 0 aliphatic rings. The number of fused-ring (bicyclic) bond motifs is 1. The molecular formula is C23H29N5O4S. The Labute approximate surface area is 196 Å². The van der Waals surface area contributed by atoms with Crippen LogP contribution in [0.2, 0.25) is 0 Å². The van der Waals surface area contributed by atoms with E-state index in [1.54, 1.807) is 21.1 Å². The highest BCUT2D eigenvalue weighted by molar-refractivity contribution is 8.00. The summed E-state index contributed by atoms with van der Waals surface area (Å²) >= 11 is 1.17. The first-order valence-corrected chi connectivity index (χ1v) is 11.4. The van der Waals surface area contributed by atoms with E-state index < -0.39 is 21.9 Å². The second-order valence-electron chi connectivity index (χ2n) is 8.80. The Bertz CT molecular complexity index is 1320. The van der Waals surface area contributed by atoms with Gasteiger partial charge >= 0.3 is 5.69 Å². The molecule has 9 nitrogen and oxygen atoms in total. The van der Waals surface area contributed by atoms with Gasteiger partial charge in [0, 0.05) is 31.6 Å². The van der Waals surface area contributed by atoms with Crippen LogP contribution in [0.3, 0.4) is 0 Å². The Hall–Kier alpha value is -3.14. The molecule has 0 saturated carbocycles. The minimum atomic E-state index is -0.549. The van der Waals surface area contributed by atoms with Crippen LogP contribution < -0.4 is 21.3 Å². The fourth-order valence-corrected chi connectivity index (χ4v) is 4.21. The van der Waals surface area contributed by atoms with Crippen LogP contribution in [0.1, 0.15) is 39.1 Å². The van der Waals surface area contributed by atoms with Gasteiger partial charge in [-0.2, -0.15) is 0 Å². The molecule has 3 rings (SSSR count). The second-order valence-corrected chi connectivity index (χ2v) is 10.1.